The van der Waals surface area contributed by atoms with Crippen molar-refractivity contribution in [2.24, 2.45) is 0 Å². The maximum Gasteiger partial charge on any atom is 0.240 e. The first-order valence-corrected chi connectivity index (χ1v) is 11.6. The van der Waals surface area contributed by atoms with Crippen molar-refractivity contribution in [1.82, 2.24) is 14.9 Å². The van der Waals surface area contributed by atoms with E-state index in [1.807, 2.05) is 13.8 Å². The third-order valence-electron chi connectivity index (χ3n) is 4.45. The van der Waals surface area contributed by atoms with Crippen LogP contribution in [0.5, 0.6) is 0 Å². The minimum atomic E-state index is -3.74. The van der Waals surface area contributed by atoms with Crippen LogP contribution in [0, 0.1) is 0 Å². The van der Waals surface area contributed by atoms with Gasteiger partial charge in [-0.15, -0.1) is 0 Å². The van der Waals surface area contributed by atoms with Crippen molar-refractivity contribution in [3.63, 3.8) is 0 Å². The molecule has 0 aliphatic carbocycles. The van der Waals surface area contributed by atoms with E-state index in [1.165, 1.54) is 6.08 Å². The number of halogens is 1. The summed E-state index contributed by atoms with van der Waals surface area (Å²) < 4.78 is 27.0. The zero-order valence-corrected chi connectivity index (χ0v) is 18.3. The third-order valence-corrected chi connectivity index (χ3v) is 5.80. The lowest BCUT2D eigenvalue weighted by molar-refractivity contribution is -0.129. The van der Waals surface area contributed by atoms with Crippen LogP contribution in [-0.4, -0.2) is 50.3 Å². The minimum Gasteiger partial charge on any atom is -0.354 e. The van der Waals surface area contributed by atoms with E-state index in [-0.39, 0.29) is 17.9 Å². The van der Waals surface area contributed by atoms with Gasteiger partial charge in [0, 0.05) is 36.0 Å². The lowest BCUT2D eigenvalue weighted by atomic mass is 10.2. The Labute approximate surface area is 177 Å². The van der Waals surface area contributed by atoms with Crippen LogP contribution in [-0.2, 0) is 19.6 Å². The first-order chi connectivity index (χ1) is 13.7. The molecule has 1 saturated heterocycles. The van der Waals surface area contributed by atoms with Crippen LogP contribution in [0.15, 0.2) is 29.7 Å². The quantitative estimate of drug-likeness (QED) is 0.545. The topological polar surface area (TPSA) is 95.6 Å². The molecule has 2 rings (SSSR count). The van der Waals surface area contributed by atoms with E-state index in [4.69, 9.17) is 11.6 Å². The number of hydrogen-bond donors (Lipinski definition) is 2. The zero-order valence-electron chi connectivity index (χ0n) is 16.7. The van der Waals surface area contributed by atoms with Crippen molar-refractivity contribution in [2.75, 3.05) is 13.1 Å². The number of nitrogens with one attached hydrogen (secondary N) is 2. The van der Waals surface area contributed by atoms with Crippen LogP contribution in [0.3, 0.4) is 0 Å². The van der Waals surface area contributed by atoms with Gasteiger partial charge in [0.2, 0.25) is 21.8 Å². The lowest BCUT2D eigenvalue weighted by Crippen LogP contribution is -2.40. The van der Waals surface area contributed by atoms with Crippen molar-refractivity contribution in [2.45, 2.75) is 51.6 Å². The van der Waals surface area contributed by atoms with Crippen LogP contribution in [0.4, 0.5) is 0 Å². The second-order valence-electron chi connectivity index (χ2n) is 7.36. The number of benzene rings is 1. The number of sulfonamides is 1. The first-order valence-electron chi connectivity index (χ1n) is 9.70. The molecule has 1 fully saturated rings. The normalized spacial score (nSPS) is 17.4. The van der Waals surface area contributed by atoms with Gasteiger partial charge in [0.25, 0.3) is 0 Å². The van der Waals surface area contributed by atoms with Crippen LogP contribution in [0.25, 0.3) is 6.08 Å². The fourth-order valence-electron chi connectivity index (χ4n) is 3.03. The molecule has 7 nitrogen and oxygen atoms in total. The van der Waals surface area contributed by atoms with Crippen LogP contribution < -0.4 is 10.0 Å². The first kappa shape index (κ1) is 23.4. The Kier molecular flexibility index (Phi) is 8.67. The number of hydrogen-bond acceptors (Lipinski definition) is 4. The fourth-order valence-corrected chi connectivity index (χ4v) is 4.19. The van der Waals surface area contributed by atoms with Gasteiger partial charge in [-0.25, -0.2) is 8.42 Å². The average molecular weight is 442 g/mol. The maximum atomic E-state index is 12.4. The van der Waals surface area contributed by atoms with Crippen molar-refractivity contribution in [1.29, 1.82) is 0 Å². The standard InChI is InChI=1S/C20H28ClN3O4S/c1-15(2)22-19(25)5-3-4-12-24-13-10-18(20(24)26)23-29(27,28)14-11-16-6-8-17(21)9-7-16/h6-9,11,14-15,18,23H,3-5,10,12-13H2,1-2H3,(H,22,25). The van der Waals surface area contributed by atoms with Gasteiger partial charge in [-0.3, -0.25) is 9.59 Å². The molecule has 1 heterocycles. The third kappa shape index (κ3) is 8.16. The molecule has 29 heavy (non-hydrogen) atoms. The van der Waals surface area contributed by atoms with Crippen molar-refractivity contribution in [3.8, 4) is 0 Å². The van der Waals surface area contributed by atoms with Gasteiger partial charge in [0.1, 0.15) is 6.04 Å². The molecule has 9 heteroatoms. The lowest BCUT2D eigenvalue weighted by Gasteiger charge is -2.17. The highest BCUT2D eigenvalue weighted by molar-refractivity contribution is 7.92. The Bertz CT molecular complexity index is 838. The molecule has 2 N–H and O–H groups in total. The van der Waals surface area contributed by atoms with Gasteiger partial charge < -0.3 is 10.2 Å². The van der Waals surface area contributed by atoms with E-state index in [9.17, 15) is 18.0 Å². The van der Waals surface area contributed by atoms with Gasteiger partial charge in [-0.1, -0.05) is 23.7 Å². The molecule has 1 aliphatic heterocycles. The summed E-state index contributed by atoms with van der Waals surface area (Å²) >= 11 is 5.81. The predicted octanol–water partition coefficient (Wildman–Crippen LogP) is 2.53. The highest BCUT2D eigenvalue weighted by Crippen LogP contribution is 2.15. The molecule has 0 radical (unpaired) electrons. The molecular formula is C20H28ClN3O4S. The number of likely N-dealkylation sites (tertiary alicyclic amines) is 1. The molecule has 1 unspecified atom stereocenters. The summed E-state index contributed by atoms with van der Waals surface area (Å²) in [6.45, 7) is 4.84. The molecule has 0 aromatic heterocycles. The minimum absolute atomic E-state index is 0.00543. The Morgan fingerprint density at radius 3 is 2.62 bits per heavy atom. The highest BCUT2D eigenvalue weighted by atomic mass is 35.5. The van der Waals surface area contributed by atoms with E-state index in [0.717, 1.165) is 5.41 Å². The zero-order chi connectivity index (χ0) is 21.4. The Morgan fingerprint density at radius 2 is 1.97 bits per heavy atom. The summed E-state index contributed by atoms with van der Waals surface area (Å²) in [5.41, 5.74) is 0.695. The number of rotatable bonds is 10. The Balaban J connectivity index is 1.78. The summed E-state index contributed by atoms with van der Waals surface area (Å²) in [6, 6.07) is 6.12. The van der Waals surface area contributed by atoms with Gasteiger partial charge in [-0.2, -0.15) is 4.72 Å². The maximum absolute atomic E-state index is 12.4. The summed E-state index contributed by atoms with van der Waals surface area (Å²) in [5.74, 6) is -0.217. The number of amides is 2. The highest BCUT2D eigenvalue weighted by Gasteiger charge is 2.33. The predicted molar refractivity (Wildman–Crippen MR) is 115 cm³/mol. The monoisotopic (exact) mass is 441 g/mol. The van der Waals surface area contributed by atoms with Gasteiger partial charge in [0.15, 0.2) is 0 Å². The molecule has 0 bridgehead atoms. The van der Waals surface area contributed by atoms with Gasteiger partial charge >= 0.3 is 0 Å². The molecule has 2 amide bonds. The smallest absolute Gasteiger partial charge is 0.240 e. The summed E-state index contributed by atoms with van der Waals surface area (Å²) in [4.78, 5) is 25.7. The number of nitrogens with zero attached hydrogens (tertiary/aromatic N) is 1. The molecule has 160 valence electrons. The second kappa shape index (κ2) is 10.8. The molecule has 0 spiro atoms. The summed E-state index contributed by atoms with van der Waals surface area (Å²) in [6.07, 6.45) is 3.69. The van der Waals surface area contributed by atoms with E-state index >= 15 is 0 Å². The van der Waals surface area contributed by atoms with E-state index in [1.54, 1.807) is 29.2 Å². The molecule has 1 aromatic carbocycles. The SMILES string of the molecule is CC(C)NC(=O)CCCCN1CCC(NS(=O)(=O)C=Cc2ccc(Cl)cc2)C1=O. The van der Waals surface area contributed by atoms with Gasteiger partial charge in [-0.05, 0) is 56.9 Å². The van der Waals surface area contributed by atoms with E-state index in [0.29, 0.717) is 49.4 Å². The number of unbranched alkanes of at least 4 members (excludes halogenated alkanes) is 1. The van der Waals surface area contributed by atoms with Crippen LogP contribution in [0.1, 0.15) is 45.1 Å². The molecule has 1 aromatic rings. The van der Waals surface area contributed by atoms with Crippen molar-refractivity contribution in [3.05, 3.63) is 40.3 Å². The van der Waals surface area contributed by atoms with E-state index < -0.39 is 16.1 Å². The van der Waals surface area contributed by atoms with Crippen molar-refractivity contribution < 1.29 is 18.0 Å². The molecule has 1 atom stereocenters. The largest absolute Gasteiger partial charge is 0.354 e. The Morgan fingerprint density at radius 1 is 1.28 bits per heavy atom. The summed E-state index contributed by atoms with van der Waals surface area (Å²) in [5, 5.41) is 4.45. The Hall–Kier alpha value is -1.90. The summed E-state index contributed by atoms with van der Waals surface area (Å²) in [7, 11) is -3.74. The van der Waals surface area contributed by atoms with Crippen LogP contribution >= 0.6 is 11.6 Å². The molecular weight excluding hydrogens is 414 g/mol. The van der Waals surface area contributed by atoms with Gasteiger partial charge in [0.05, 0.1) is 0 Å². The van der Waals surface area contributed by atoms with Crippen molar-refractivity contribution >= 4 is 39.5 Å². The molecule has 0 saturated carbocycles. The second-order valence-corrected chi connectivity index (χ2v) is 9.40. The number of carbonyl (C=O) groups excluding carboxylic acids is 2. The van der Waals surface area contributed by atoms with Crippen LogP contribution in [0.2, 0.25) is 5.02 Å². The number of carbonyl (C=O) groups is 2. The van der Waals surface area contributed by atoms with E-state index in [2.05, 4.69) is 10.0 Å². The average Bonchev–Trinajstić information content (AvgIpc) is 2.97. The molecule has 1 aliphatic rings. The fraction of sp³-hybridized carbons (Fsp3) is 0.500.